The largest absolute Gasteiger partial charge is 0.219 e. The van der Waals surface area contributed by atoms with Crippen molar-refractivity contribution in [2.45, 2.75) is 73.0 Å². The van der Waals surface area contributed by atoms with Crippen LogP contribution in [0.3, 0.4) is 0 Å². The van der Waals surface area contributed by atoms with Crippen molar-refractivity contribution in [1.82, 2.24) is 0 Å². The summed E-state index contributed by atoms with van der Waals surface area (Å²) in [6.45, 7) is 7.80. The molecule has 292 valence electrons. The molecule has 0 heterocycles. The Balaban J connectivity index is 0.000000172. The first-order valence-electron chi connectivity index (χ1n) is 18.2. The molecule has 0 saturated carbocycles. The average molecular weight is 829 g/mol. The lowest BCUT2D eigenvalue weighted by atomic mass is 9.70. The van der Waals surface area contributed by atoms with Gasteiger partial charge in [-0.05, 0) is 79.6 Å². The molecule has 2 unspecified atom stereocenters. The highest BCUT2D eigenvalue weighted by molar-refractivity contribution is 7.96. The van der Waals surface area contributed by atoms with Gasteiger partial charge in [-0.25, -0.2) is 33.7 Å². The zero-order chi connectivity index (χ0) is 40.4. The number of allylic oxidation sites excluding steroid dienone is 8. The summed E-state index contributed by atoms with van der Waals surface area (Å²) in [4.78, 5) is 2.58. The Kier molecular flexibility index (Phi) is 9.71. The Hall–Kier alpha value is -4.36. The van der Waals surface area contributed by atoms with Crippen LogP contribution in [0, 0.1) is 21.7 Å². The molecule has 56 heavy (non-hydrogen) atoms. The zero-order valence-corrected chi connectivity index (χ0v) is 34.8. The van der Waals surface area contributed by atoms with Gasteiger partial charge in [0, 0.05) is 35.9 Å². The number of fused-ring (bicyclic) bond motifs is 2. The van der Waals surface area contributed by atoms with Gasteiger partial charge in [-0.1, -0.05) is 125 Å². The van der Waals surface area contributed by atoms with Gasteiger partial charge >= 0.3 is 0 Å². The van der Waals surface area contributed by atoms with E-state index in [1.54, 1.807) is 146 Å². The standard InChI is InChI=1S/2C22H22O4S2/c2*1-21-13-19(27(23,24)17-9-5-3-6-10-17)15-22(21,2)16-20(14-21)28(25,26)18-11-7-4-8-12-18/h3-13,16H,14-15H2,1-2H3;3-14H,15-16H2,1-2H3. The molecule has 12 heteroatoms. The molecular weight excluding hydrogens is 785 g/mol. The maximum Gasteiger partial charge on any atom is 0.202 e. The number of sulfone groups is 4. The summed E-state index contributed by atoms with van der Waals surface area (Å²) in [6.07, 6.45) is 8.31. The molecule has 0 spiro atoms. The van der Waals surface area contributed by atoms with Crippen molar-refractivity contribution < 1.29 is 33.7 Å². The van der Waals surface area contributed by atoms with E-state index in [0.717, 1.165) is 0 Å². The monoisotopic (exact) mass is 828 g/mol. The Labute approximate surface area is 331 Å². The molecule has 2 atom stereocenters. The number of hydrogen-bond donors (Lipinski definition) is 0. The van der Waals surface area contributed by atoms with E-state index in [1.165, 1.54) is 0 Å². The Morgan fingerprint density at radius 1 is 0.339 bits per heavy atom. The van der Waals surface area contributed by atoms with E-state index in [4.69, 9.17) is 0 Å². The summed E-state index contributed by atoms with van der Waals surface area (Å²) >= 11 is 0. The predicted octanol–water partition coefficient (Wildman–Crippen LogP) is 9.04. The van der Waals surface area contributed by atoms with Gasteiger partial charge in [0.2, 0.25) is 39.3 Å². The predicted molar refractivity (Wildman–Crippen MR) is 218 cm³/mol. The average Bonchev–Trinajstić information content (AvgIpc) is 3.80. The van der Waals surface area contributed by atoms with E-state index in [0.29, 0.717) is 45.3 Å². The van der Waals surface area contributed by atoms with Crippen LogP contribution < -0.4 is 0 Å². The molecule has 8 rings (SSSR count). The third kappa shape index (κ3) is 6.58. The number of benzene rings is 4. The highest BCUT2D eigenvalue weighted by Crippen LogP contribution is 2.63. The van der Waals surface area contributed by atoms with E-state index < -0.39 is 61.0 Å². The van der Waals surface area contributed by atoms with Crippen LogP contribution in [0.5, 0.6) is 0 Å². The molecule has 8 nitrogen and oxygen atoms in total. The third-order valence-electron chi connectivity index (χ3n) is 12.3. The minimum atomic E-state index is -3.58. The smallest absolute Gasteiger partial charge is 0.202 e. The molecule has 4 aliphatic rings. The summed E-state index contributed by atoms with van der Waals surface area (Å²) in [5.74, 6) is 0. The summed E-state index contributed by atoms with van der Waals surface area (Å²) < 4.78 is 104. The highest BCUT2D eigenvalue weighted by Gasteiger charge is 2.56. The minimum Gasteiger partial charge on any atom is -0.219 e. The van der Waals surface area contributed by atoms with Gasteiger partial charge in [-0.3, -0.25) is 0 Å². The van der Waals surface area contributed by atoms with Gasteiger partial charge in [-0.2, -0.15) is 0 Å². The second-order valence-electron chi connectivity index (χ2n) is 16.1. The Morgan fingerprint density at radius 3 is 0.804 bits per heavy atom. The minimum absolute atomic E-state index is 0.273. The fourth-order valence-electron chi connectivity index (χ4n) is 8.44. The van der Waals surface area contributed by atoms with Gasteiger partial charge in [-0.15, -0.1) is 0 Å². The van der Waals surface area contributed by atoms with E-state index in [1.807, 2.05) is 27.7 Å². The Bertz CT molecular complexity index is 2590. The molecule has 0 aromatic heterocycles. The molecule has 0 amide bonds. The van der Waals surface area contributed by atoms with Crippen LogP contribution in [0.15, 0.2) is 185 Å². The fraction of sp³-hybridized carbons (Fsp3) is 0.273. The van der Waals surface area contributed by atoms with E-state index >= 15 is 0 Å². The summed E-state index contributed by atoms with van der Waals surface area (Å²) in [7, 11) is -14.3. The first kappa shape index (κ1) is 39.9. The van der Waals surface area contributed by atoms with Crippen LogP contribution in [0.1, 0.15) is 53.4 Å². The van der Waals surface area contributed by atoms with Gasteiger partial charge < -0.3 is 0 Å². The van der Waals surface area contributed by atoms with Crippen LogP contribution >= 0.6 is 0 Å². The van der Waals surface area contributed by atoms with Crippen molar-refractivity contribution in [1.29, 1.82) is 0 Å². The maximum atomic E-state index is 13.0. The van der Waals surface area contributed by atoms with Crippen molar-refractivity contribution in [3.63, 3.8) is 0 Å². The lowest BCUT2D eigenvalue weighted by molar-refractivity contribution is 0.217. The second-order valence-corrected chi connectivity index (χ2v) is 24.1. The zero-order valence-electron chi connectivity index (χ0n) is 31.6. The highest BCUT2D eigenvalue weighted by atomic mass is 32.2. The van der Waals surface area contributed by atoms with Crippen molar-refractivity contribution >= 4 is 39.3 Å². The first-order valence-corrected chi connectivity index (χ1v) is 24.2. The van der Waals surface area contributed by atoms with E-state index in [2.05, 4.69) is 0 Å². The molecule has 0 aliphatic heterocycles. The topological polar surface area (TPSA) is 137 Å². The van der Waals surface area contributed by atoms with E-state index in [9.17, 15) is 33.7 Å². The molecular formula is C44H44O8S4. The van der Waals surface area contributed by atoms with Crippen molar-refractivity contribution in [2.75, 3.05) is 0 Å². The SMILES string of the molecule is CC12C=C(S(=O)(=O)c3ccccc3)CC1(C)C=C(S(=O)(=O)c1ccccc1)C2.CC12C=C(S(=O)(=O)c3ccccc3)CC1(C)CC(S(=O)(=O)c1ccccc1)=C2. The molecule has 0 N–H and O–H groups in total. The van der Waals surface area contributed by atoms with E-state index in [-0.39, 0.29) is 19.6 Å². The quantitative estimate of drug-likeness (QED) is 0.172. The van der Waals surface area contributed by atoms with Crippen molar-refractivity contribution in [3.05, 3.63) is 165 Å². The molecule has 0 radical (unpaired) electrons. The number of hydrogen-bond acceptors (Lipinski definition) is 8. The van der Waals surface area contributed by atoms with Crippen LogP contribution in [-0.4, -0.2) is 33.7 Å². The molecule has 4 aromatic rings. The third-order valence-corrected chi connectivity index (χ3v) is 19.7. The first-order chi connectivity index (χ1) is 26.2. The van der Waals surface area contributed by atoms with Gasteiger partial charge in [0.1, 0.15) is 0 Å². The van der Waals surface area contributed by atoms with Crippen LogP contribution in [0.25, 0.3) is 0 Å². The van der Waals surface area contributed by atoms with Crippen LogP contribution in [0.4, 0.5) is 0 Å². The van der Waals surface area contributed by atoms with Gasteiger partial charge in [0.05, 0.1) is 19.6 Å². The van der Waals surface area contributed by atoms with Gasteiger partial charge in [0.15, 0.2) is 0 Å². The van der Waals surface area contributed by atoms with Crippen LogP contribution in [-0.2, 0) is 39.3 Å². The second kappa shape index (κ2) is 13.6. The molecule has 0 saturated heterocycles. The number of rotatable bonds is 8. The van der Waals surface area contributed by atoms with Crippen molar-refractivity contribution in [2.24, 2.45) is 21.7 Å². The van der Waals surface area contributed by atoms with Crippen molar-refractivity contribution in [3.8, 4) is 0 Å². The normalized spacial score (nSPS) is 27.2. The fourth-order valence-corrected chi connectivity index (χ4v) is 15.3. The lowest BCUT2D eigenvalue weighted by Crippen LogP contribution is -2.26. The summed E-state index contributed by atoms with van der Waals surface area (Å²) in [6, 6.07) is 33.5. The summed E-state index contributed by atoms with van der Waals surface area (Å²) in [5.41, 5.74) is -2.22. The molecule has 0 fully saturated rings. The summed E-state index contributed by atoms with van der Waals surface area (Å²) in [5, 5.41) is 0. The maximum absolute atomic E-state index is 13.0. The molecule has 0 bridgehead atoms. The lowest BCUT2D eigenvalue weighted by Gasteiger charge is -2.33. The van der Waals surface area contributed by atoms with Gasteiger partial charge in [0.25, 0.3) is 0 Å². The molecule has 4 aliphatic carbocycles. The van der Waals surface area contributed by atoms with Crippen LogP contribution in [0.2, 0.25) is 0 Å². The molecule has 4 aromatic carbocycles. The Morgan fingerprint density at radius 2 is 0.571 bits per heavy atom.